The molecule has 0 spiro atoms. The van der Waals surface area contributed by atoms with Gasteiger partial charge in [0.2, 0.25) is 5.91 Å². The lowest BCUT2D eigenvalue weighted by molar-refractivity contribution is -0.132. The van der Waals surface area contributed by atoms with Crippen molar-refractivity contribution in [1.29, 1.82) is 0 Å². The Labute approximate surface area is 112 Å². The molecule has 3 rings (SSSR count). The average molecular weight is 265 g/mol. The highest BCUT2D eigenvalue weighted by Gasteiger charge is 2.34. The highest BCUT2D eigenvalue weighted by Crippen LogP contribution is 2.31. The van der Waals surface area contributed by atoms with E-state index in [2.05, 4.69) is 21.7 Å². The van der Waals surface area contributed by atoms with Crippen LogP contribution in [0.1, 0.15) is 24.1 Å². The molecular formula is C13H19N3OS. The van der Waals surface area contributed by atoms with E-state index in [0.717, 1.165) is 50.6 Å². The van der Waals surface area contributed by atoms with Crippen molar-refractivity contribution in [2.75, 3.05) is 31.1 Å². The Bertz CT molecular complexity index is 441. The van der Waals surface area contributed by atoms with Crippen molar-refractivity contribution in [3.63, 3.8) is 0 Å². The van der Waals surface area contributed by atoms with Crippen LogP contribution < -0.4 is 4.90 Å². The van der Waals surface area contributed by atoms with Gasteiger partial charge in [0.1, 0.15) is 0 Å². The Morgan fingerprint density at radius 3 is 2.83 bits per heavy atom. The fraction of sp³-hybridized carbons (Fsp3) is 0.692. The lowest BCUT2D eigenvalue weighted by Crippen LogP contribution is -2.36. The molecule has 1 aromatic rings. The standard InChI is InChI=1S/C13H19N3OS/c1-10-9-14-13(18-10)16-6-2-5-15(7-8-16)12(17)11-3-4-11/h9,11H,2-8H2,1H3. The molecule has 0 N–H and O–H groups in total. The van der Waals surface area contributed by atoms with Crippen molar-refractivity contribution in [3.05, 3.63) is 11.1 Å². The zero-order valence-electron chi connectivity index (χ0n) is 10.8. The van der Waals surface area contributed by atoms with Crippen molar-refractivity contribution in [1.82, 2.24) is 9.88 Å². The van der Waals surface area contributed by atoms with E-state index in [1.165, 1.54) is 4.88 Å². The van der Waals surface area contributed by atoms with Gasteiger partial charge in [-0.15, -0.1) is 11.3 Å². The molecule has 2 heterocycles. The fourth-order valence-electron chi connectivity index (χ4n) is 2.41. The van der Waals surface area contributed by atoms with Crippen LogP contribution in [0, 0.1) is 12.8 Å². The summed E-state index contributed by atoms with van der Waals surface area (Å²) in [5.74, 6) is 0.728. The number of aryl methyl sites for hydroxylation is 1. The lowest BCUT2D eigenvalue weighted by Gasteiger charge is -2.21. The molecule has 2 aliphatic rings. The Hall–Kier alpha value is -1.10. The molecule has 0 aromatic carbocycles. The van der Waals surface area contributed by atoms with Gasteiger partial charge in [-0.1, -0.05) is 0 Å². The predicted molar refractivity (Wildman–Crippen MR) is 73.0 cm³/mol. The SMILES string of the molecule is Cc1cnc(N2CCCN(C(=O)C3CC3)CC2)s1. The number of thiazole rings is 1. The third kappa shape index (κ3) is 2.51. The van der Waals surface area contributed by atoms with Gasteiger partial charge in [-0.2, -0.15) is 0 Å². The van der Waals surface area contributed by atoms with Gasteiger partial charge < -0.3 is 9.80 Å². The second kappa shape index (κ2) is 4.88. The molecule has 0 bridgehead atoms. The van der Waals surface area contributed by atoms with Crippen molar-refractivity contribution in [3.8, 4) is 0 Å². The highest BCUT2D eigenvalue weighted by atomic mass is 32.1. The molecular weight excluding hydrogens is 246 g/mol. The summed E-state index contributed by atoms with van der Waals surface area (Å²) in [6.45, 7) is 5.79. The second-order valence-corrected chi connectivity index (χ2v) is 6.41. The minimum absolute atomic E-state index is 0.346. The summed E-state index contributed by atoms with van der Waals surface area (Å²) in [6, 6.07) is 0. The van der Waals surface area contributed by atoms with Gasteiger partial charge in [-0.25, -0.2) is 4.98 Å². The number of aromatic nitrogens is 1. The summed E-state index contributed by atoms with van der Waals surface area (Å²) in [5, 5.41) is 1.10. The molecule has 1 aliphatic carbocycles. The van der Waals surface area contributed by atoms with Crippen molar-refractivity contribution in [2.24, 2.45) is 5.92 Å². The number of anilines is 1. The summed E-state index contributed by atoms with van der Waals surface area (Å²) < 4.78 is 0. The van der Waals surface area contributed by atoms with E-state index in [0.29, 0.717) is 11.8 Å². The van der Waals surface area contributed by atoms with E-state index in [1.54, 1.807) is 11.3 Å². The van der Waals surface area contributed by atoms with Gasteiger partial charge in [0, 0.05) is 43.2 Å². The molecule has 1 amide bonds. The van der Waals surface area contributed by atoms with E-state index >= 15 is 0 Å². The first-order valence-electron chi connectivity index (χ1n) is 6.70. The van der Waals surface area contributed by atoms with Gasteiger partial charge in [0.25, 0.3) is 0 Å². The summed E-state index contributed by atoms with van der Waals surface area (Å²) in [7, 11) is 0. The summed E-state index contributed by atoms with van der Waals surface area (Å²) in [4.78, 5) is 22.1. The zero-order valence-corrected chi connectivity index (χ0v) is 11.6. The van der Waals surface area contributed by atoms with E-state index in [4.69, 9.17) is 0 Å². The number of rotatable bonds is 2. The minimum atomic E-state index is 0.346. The Morgan fingerprint density at radius 1 is 1.33 bits per heavy atom. The molecule has 18 heavy (non-hydrogen) atoms. The van der Waals surface area contributed by atoms with E-state index in [9.17, 15) is 4.79 Å². The maximum Gasteiger partial charge on any atom is 0.225 e. The van der Waals surface area contributed by atoms with Crippen LogP contribution in [-0.2, 0) is 4.79 Å². The van der Waals surface area contributed by atoms with Crippen LogP contribution in [0.25, 0.3) is 0 Å². The summed E-state index contributed by atoms with van der Waals surface area (Å²) in [5.41, 5.74) is 0. The molecule has 1 saturated carbocycles. The Kier molecular flexibility index (Phi) is 3.24. The van der Waals surface area contributed by atoms with Crippen LogP contribution in [0.5, 0.6) is 0 Å². The maximum atomic E-state index is 12.1. The number of hydrogen-bond acceptors (Lipinski definition) is 4. The predicted octanol–water partition coefficient (Wildman–Crippen LogP) is 1.90. The molecule has 1 aromatic heterocycles. The molecule has 1 aliphatic heterocycles. The Balaban J connectivity index is 1.62. The molecule has 1 saturated heterocycles. The van der Waals surface area contributed by atoms with E-state index in [1.807, 2.05) is 6.20 Å². The molecule has 0 radical (unpaired) electrons. The summed E-state index contributed by atoms with van der Waals surface area (Å²) >= 11 is 1.74. The van der Waals surface area contributed by atoms with Gasteiger partial charge in [-0.05, 0) is 26.2 Å². The molecule has 5 heteroatoms. The first-order chi connectivity index (χ1) is 8.74. The third-order valence-corrected chi connectivity index (χ3v) is 4.59. The first-order valence-corrected chi connectivity index (χ1v) is 7.52. The molecule has 4 nitrogen and oxygen atoms in total. The van der Waals surface area contributed by atoms with Gasteiger partial charge in [-0.3, -0.25) is 4.79 Å². The van der Waals surface area contributed by atoms with Crippen molar-refractivity contribution >= 4 is 22.4 Å². The van der Waals surface area contributed by atoms with Crippen LogP contribution in [0.4, 0.5) is 5.13 Å². The topological polar surface area (TPSA) is 36.4 Å². The monoisotopic (exact) mass is 265 g/mol. The maximum absolute atomic E-state index is 12.1. The van der Waals surface area contributed by atoms with Gasteiger partial charge in [0.05, 0.1) is 0 Å². The van der Waals surface area contributed by atoms with Gasteiger partial charge in [0.15, 0.2) is 5.13 Å². The summed E-state index contributed by atoms with van der Waals surface area (Å²) in [6.07, 6.45) is 5.19. The third-order valence-electron chi connectivity index (χ3n) is 3.61. The number of nitrogens with zero attached hydrogens (tertiary/aromatic N) is 3. The van der Waals surface area contributed by atoms with Gasteiger partial charge >= 0.3 is 0 Å². The smallest absolute Gasteiger partial charge is 0.225 e. The number of carbonyl (C=O) groups excluding carboxylic acids is 1. The highest BCUT2D eigenvalue weighted by molar-refractivity contribution is 7.15. The second-order valence-electron chi connectivity index (χ2n) is 5.19. The van der Waals surface area contributed by atoms with E-state index in [-0.39, 0.29) is 0 Å². The minimum Gasteiger partial charge on any atom is -0.346 e. The normalized spacial score (nSPS) is 20.9. The average Bonchev–Trinajstić information content (AvgIpc) is 3.16. The largest absolute Gasteiger partial charge is 0.346 e. The quantitative estimate of drug-likeness (QED) is 0.819. The first kappa shape index (κ1) is 12.0. The van der Waals surface area contributed by atoms with Crippen LogP contribution >= 0.6 is 11.3 Å². The van der Waals surface area contributed by atoms with Crippen molar-refractivity contribution < 1.29 is 4.79 Å². The number of amides is 1. The lowest BCUT2D eigenvalue weighted by atomic mass is 10.3. The number of carbonyl (C=O) groups is 1. The van der Waals surface area contributed by atoms with E-state index < -0.39 is 0 Å². The van der Waals surface area contributed by atoms with Crippen LogP contribution in [0.15, 0.2) is 6.20 Å². The molecule has 0 atom stereocenters. The van der Waals surface area contributed by atoms with Crippen LogP contribution in [-0.4, -0.2) is 42.0 Å². The molecule has 0 unspecified atom stereocenters. The van der Waals surface area contributed by atoms with Crippen LogP contribution in [0.2, 0.25) is 0 Å². The van der Waals surface area contributed by atoms with Crippen LogP contribution in [0.3, 0.4) is 0 Å². The number of hydrogen-bond donors (Lipinski definition) is 0. The fourth-order valence-corrected chi connectivity index (χ4v) is 3.22. The zero-order chi connectivity index (χ0) is 12.5. The Morgan fingerprint density at radius 2 is 2.17 bits per heavy atom. The molecule has 98 valence electrons. The molecule has 2 fully saturated rings. The van der Waals surface area contributed by atoms with Crippen molar-refractivity contribution in [2.45, 2.75) is 26.2 Å².